The quantitative estimate of drug-likeness (QED) is 0.697. The van der Waals surface area contributed by atoms with Gasteiger partial charge in [0.05, 0.1) is 11.3 Å². The summed E-state index contributed by atoms with van der Waals surface area (Å²) in [5, 5.41) is 2.57. The van der Waals surface area contributed by atoms with E-state index in [0.29, 0.717) is 24.2 Å². The predicted molar refractivity (Wildman–Crippen MR) is 98.3 cm³/mol. The zero-order valence-electron chi connectivity index (χ0n) is 14.9. The van der Waals surface area contributed by atoms with Gasteiger partial charge < -0.3 is 14.8 Å². The molecule has 1 atom stereocenters. The van der Waals surface area contributed by atoms with Crippen LogP contribution in [0.1, 0.15) is 44.7 Å². The number of rotatable bonds is 4. The first kappa shape index (κ1) is 18.1. The van der Waals surface area contributed by atoms with Gasteiger partial charge in [-0.25, -0.2) is 4.79 Å². The number of anilines is 1. The number of ether oxygens (including phenoxy) is 2. The first-order valence-corrected chi connectivity index (χ1v) is 8.96. The molecular weight excluding hydrogens is 362 g/mol. The van der Waals surface area contributed by atoms with Crippen molar-refractivity contribution in [3.05, 3.63) is 64.7 Å². The Labute approximate surface area is 160 Å². The van der Waals surface area contributed by atoms with Crippen LogP contribution in [0.25, 0.3) is 0 Å². The third kappa shape index (κ3) is 3.20. The Hall–Kier alpha value is -3.32. The highest BCUT2D eigenvalue weighted by Gasteiger charge is 2.32. The lowest BCUT2D eigenvalue weighted by atomic mass is 9.83. The minimum absolute atomic E-state index is 0.144. The molecule has 7 heteroatoms. The summed E-state index contributed by atoms with van der Waals surface area (Å²) in [6.07, 6.45) is 0.718. The van der Waals surface area contributed by atoms with Crippen molar-refractivity contribution in [2.75, 3.05) is 18.5 Å². The van der Waals surface area contributed by atoms with Gasteiger partial charge in [-0.15, -0.1) is 0 Å². The number of carbonyl (C=O) groups excluding carboxylic acids is 4. The molecule has 7 nitrogen and oxygen atoms in total. The maximum atomic E-state index is 12.9. The van der Waals surface area contributed by atoms with Gasteiger partial charge in [0, 0.05) is 23.3 Å². The van der Waals surface area contributed by atoms with E-state index < -0.39 is 24.6 Å². The summed E-state index contributed by atoms with van der Waals surface area (Å²) >= 11 is 0. The number of benzene rings is 2. The normalized spacial score (nSPS) is 17.6. The third-order valence-corrected chi connectivity index (χ3v) is 4.76. The van der Waals surface area contributed by atoms with E-state index in [1.54, 1.807) is 36.4 Å². The van der Waals surface area contributed by atoms with E-state index >= 15 is 0 Å². The van der Waals surface area contributed by atoms with Gasteiger partial charge in [0.1, 0.15) is 0 Å². The molecule has 142 valence electrons. The fourth-order valence-corrected chi connectivity index (χ4v) is 3.43. The number of amides is 1. The molecule has 0 spiro atoms. The molecule has 0 unspecified atom stereocenters. The monoisotopic (exact) mass is 379 g/mol. The molecular formula is C21H17NO6. The smallest absolute Gasteiger partial charge is 0.335 e. The van der Waals surface area contributed by atoms with Gasteiger partial charge in [-0.1, -0.05) is 36.4 Å². The minimum Gasteiger partial charge on any atom is -0.454 e. The van der Waals surface area contributed by atoms with E-state index in [2.05, 4.69) is 5.32 Å². The second-order valence-electron chi connectivity index (χ2n) is 6.59. The van der Waals surface area contributed by atoms with Crippen molar-refractivity contribution in [3.63, 3.8) is 0 Å². The van der Waals surface area contributed by atoms with Crippen molar-refractivity contribution >= 4 is 29.1 Å². The van der Waals surface area contributed by atoms with E-state index in [9.17, 15) is 19.2 Å². The van der Waals surface area contributed by atoms with Crippen LogP contribution in [0.2, 0.25) is 0 Å². The number of hydrogen-bond acceptors (Lipinski definition) is 6. The van der Waals surface area contributed by atoms with Gasteiger partial charge >= 0.3 is 5.97 Å². The minimum atomic E-state index is -0.631. The molecule has 4 rings (SSSR count). The molecule has 1 aliphatic heterocycles. The molecule has 2 aromatic carbocycles. The van der Waals surface area contributed by atoms with E-state index in [1.807, 2.05) is 0 Å². The molecule has 0 radical (unpaired) electrons. The summed E-state index contributed by atoms with van der Waals surface area (Å²) in [6.45, 7) is 0.000808. The summed E-state index contributed by atoms with van der Waals surface area (Å²) in [4.78, 5) is 49.7. The van der Waals surface area contributed by atoms with Gasteiger partial charge in [0.2, 0.25) is 0 Å². The summed E-state index contributed by atoms with van der Waals surface area (Å²) in [5.74, 6) is -1.79. The zero-order chi connectivity index (χ0) is 19.7. The van der Waals surface area contributed by atoms with Crippen LogP contribution in [-0.4, -0.2) is 42.8 Å². The van der Waals surface area contributed by atoms with E-state index in [0.717, 1.165) is 6.42 Å². The van der Waals surface area contributed by atoms with Gasteiger partial charge in [0.25, 0.3) is 5.91 Å². The molecule has 0 bridgehead atoms. The fraction of sp³-hybridized carbons (Fsp3) is 0.238. The number of ketones is 2. The number of hydrogen-bond donors (Lipinski definition) is 1. The van der Waals surface area contributed by atoms with Crippen molar-refractivity contribution in [1.29, 1.82) is 0 Å². The molecule has 2 aliphatic rings. The largest absolute Gasteiger partial charge is 0.454 e. The average Bonchev–Trinajstić information content (AvgIpc) is 3.25. The van der Waals surface area contributed by atoms with Gasteiger partial charge in [-0.05, 0) is 18.9 Å². The standard InChI is InChI=1S/C21H17NO6/c23-17(11-28-21(26)16-9-4-10-27-16)22-15-8-3-7-14-18(15)20(25)13-6-2-1-5-12(13)19(14)24/h1-3,5-8,16H,4,9-11H2,(H,22,23)/t16-/m0/s1. The van der Waals surface area contributed by atoms with E-state index in [1.165, 1.54) is 6.07 Å². The van der Waals surface area contributed by atoms with Crippen molar-refractivity contribution in [1.82, 2.24) is 0 Å². The molecule has 1 N–H and O–H groups in total. The lowest BCUT2D eigenvalue weighted by Gasteiger charge is -2.20. The topological polar surface area (TPSA) is 98.8 Å². The number of fused-ring (bicyclic) bond motifs is 2. The molecule has 1 saturated heterocycles. The Morgan fingerprint density at radius 2 is 1.71 bits per heavy atom. The molecule has 1 amide bonds. The molecule has 1 aliphatic carbocycles. The first-order chi connectivity index (χ1) is 13.6. The maximum Gasteiger partial charge on any atom is 0.335 e. The Kier molecular flexibility index (Phi) is 4.75. The van der Waals surface area contributed by atoms with Gasteiger partial charge in [0.15, 0.2) is 24.3 Å². The second kappa shape index (κ2) is 7.36. The molecule has 0 saturated carbocycles. The Morgan fingerprint density at radius 3 is 2.43 bits per heavy atom. The van der Waals surface area contributed by atoms with Crippen LogP contribution < -0.4 is 5.32 Å². The molecule has 28 heavy (non-hydrogen) atoms. The van der Waals surface area contributed by atoms with Crippen molar-refractivity contribution in [2.24, 2.45) is 0 Å². The average molecular weight is 379 g/mol. The SMILES string of the molecule is O=C(COC(=O)[C@@H]1CCCO1)Nc1cccc2c1C(=O)c1ccccc1C2=O. The van der Waals surface area contributed by atoms with Crippen molar-refractivity contribution in [2.45, 2.75) is 18.9 Å². The van der Waals surface area contributed by atoms with E-state index in [-0.39, 0.29) is 28.4 Å². The van der Waals surface area contributed by atoms with Crippen molar-refractivity contribution < 1.29 is 28.7 Å². The van der Waals surface area contributed by atoms with Crippen LogP contribution in [0.15, 0.2) is 42.5 Å². The Morgan fingerprint density at radius 1 is 1.00 bits per heavy atom. The maximum absolute atomic E-state index is 12.9. The molecule has 0 aromatic heterocycles. The summed E-state index contributed by atoms with van der Waals surface area (Å²) in [7, 11) is 0. The van der Waals surface area contributed by atoms with Crippen LogP contribution in [0.4, 0.5) is 5.69 Å². The number of carbonyl (C=O) groups is 4. The van der Waals surface area contributed by atoms with Crippen LogP contribution in [0, 0.1) is 0 Å². The fourth-order valence-electron chi connectivity index (χ4n) is 3.43. The number of nitrogens with one attached hydrogen (secondary N) is 1. The summed E-state index contributed by atoms with van der Waals surface area (Å²) in [6, 6.07) is 11.3. The first-order valence-electron chi connectivity index (χ1n) is 8.96. The Bertz CT molecular complexity index is 990. The lowest BCUT2D eigenvalue weighted by Crippen LogP contribution is -2.28. The third-order valence-electron chi connectivity index (χ3n) is 4.76. The van der Waals surface area contributed by atoms with Gasteiger partial charge in [-0.2, -0.15) is 0 Å². The summed E-state index contributed by atoms with van der Waals surface area (Å²) in [5.41, 5.74) is 1.23. The van der Waals surface area contributed by atoms with E-state index in [4.69, 9.17) is 9.47 Å². The molecule has 1 fully saturated rings. The van der Waals surface area contributed by atoms with Crippen LogP contribution in [0.3, 0.4) is 0 Å². The summed E-state index contributed by atoms with van der Waals surface area (Å²) < 4.78 is 10.2. The zero-order valence-corrected chi connectivity index (χ0v) is 14.9. The number of esters is 1. The second-order valence-corrected chi connectivity index (χ2v) is 6.59. The van der Waals surface area contributed by atoms with Gasteiger partial charge in [-0.3, -0.25) is 14.4 Å². The highest BCUT2D eigenvalue weighted by Crippen LogP contribution is 2.31. The van der Waals surface area contributed by atoms with Crippen molar-refractivity contribution in [3.8, 4) is 0 Å². The van der Waals surface area contributed by atoms with Crippen LogP contribution in [-0.2, 0) is 19.1 Å². The predicted octanol–water partition coefficient (Wildman–Crippen LogP) is 2.12. The highest BCUT2D eigenvalue weighted by atomic mass is 16.6. The Balaban J connectivity index is 1.52. The van der Waals surface area contributed by atoms with Crippen LogP contribution in [0.5, 0.6) is 0 Å². The lowest BCUT2D eigenvalue weighted by molar-refractivity contribution is -0.156. The molecule has 1 heterocycles. The van der Waals surface area contributed by atoms with Crippen LogP contribution >= 0.6 is 0 Å². The molecule has 2 aromatic rings. The highest BCUT2D eigenvalue weighted by molar-refractivity contribution is 6.30.